The van der Waals surface area contributed by atoms with Crippen LogP contribution in [0.2, 0.25) is 0 Å². The van der Waals surface area contributed by atoms with E-state index < -0.39 is 5.97 Å². The first kappa shape index (κ1) is 13.5. The molecule has 1 aromatic carbocycles. The first-order chi connectivity index (χ1) is 9.15. The summed E-state index contributed by atoms with van der Waals surface area (Å²) in [6, 6.07) is 9.97. The number of carbonyl (C=O) groups excluding carboxylic acids is 1. The van der Waals surface area contributed by atoms with Gasteiger partial charge in [0, 0.05) is 19.6 Å². The zero-order chi connectivity index (χ0) is 13.7. The van der Waals surface area contributed by atoms with Gasteiger partial charge in [-0.2, -0.15) is 0 Å². The predicted molar refractivity (Wildman–Crippen MR) is 70.7 cm³/mol. The van der Waals surface area contributed by atoms with Crippen LogP contribution in [0.25, 0.3) is 0 Å². The van der Waals surface area contributed by atoms with Crippen molar-refractivity contribution in [2.24, 2.45) is 5.92 Å². The first-order valence-electron chi connectivity index (χ1n) is 6.41. The van der Waals surface area contributed by atoms with Gasteiger partial charge in [0.15, 0.2) is 0 Å². The van der Waals surface area contributed by atoms with Crippen LogP contribution < -0.4 is 5.32 Å². The van der Waals surface area contributed by atoms with Crippen LogP contribution in [-0.2, 0) is 16.0 Å². The fraction of sp³-hybridized carbons (Fsp3) is 0.429. The van der Waals surface area contributed by atoms with Crippen molar-refractivity contribution in [2.75, 3.05) is 26.2 Å². The van der Waals surface area contributed by atoms with E-state index in [1.54, 1.807) is 0 Å². The molecule has 5 nitrogen and oxygen atoms in total. The SMILES string of the molecule is O=C(CN1CC(C(=O)O)C1)NCCc1ccccc1. The molecule has 1 fully saturated rings. The average Bonchev–Trinajstić information content (AvgIpc) is 2.34. The number of hydrogen-bond donors (Lipinski definition) is 2. The Bertz CT molecular complexity index is 441. The van der Waals surface area contributed by atoms with Crippen molar-refractivity contribution in [1.29, 1.82) is 0 Å². The van der Waals surface area contributed by atoms with Crippen molar-refractivity contribution in [3.8, 4) is 0 Å². The molecule has 1 amide bonds. The fourth-order valence-corrected chi connectivity index (χ4v) is 2.11. The summed E-state index contributed by atoms with van der Waals surface area (Å²) in [4.78, 5) is 24.1. The molecule has 0 bridgehead atoms. The van der Waals surface area contributed by atoms with Gasteiger partial charge < -0.3 is 10.4 Å². The molecule has 0 aromatic heterocycles. The number of amides is 1. The Labute approximate surface area is 112 Å². The lowest BCUT2D eigenvalue weighted by molar-refractivity contribution is -0.148. The highest BCUT2D eigenvalue weighted by Gasteiger charge is 2.33. The number of carboxylic acids is 1. The summed E-state index contributed by atoms with van der Waals surface area (Å²) in [5.74, 6) is -1.13. The second-order valence-corrected chi connectivity index (χ2v) is 4.81. The molecule has 0 atom stereocenters. The lowest BCUT2D eigenvalue weighted by atomic mass is 10.0. The second kappa shape index (κ2) is 6.33. The highest BCUT2D eigenvalue weighted by molar-refractivity contribution is 5.79. The number of carboxylic acid groups (broad SMARTS) is 1. The van der Waals surface area contributed by atoms with Crippen molar-refractivity contribution in [3.05, 3.63) is 35.9 Å². The normalized spacial score (nSPS) is 15.8. The molecular weight excluding hydrogens is 244 g/mol. The van der Waals surface area contributed by atoms with E-state index in [4.69, 9.17) is 5.11 Å². The van der Waals surface area contributed by atoms with E-state index in [1.807, 2.05) is 35.2 Å². The molecule has 2 N–H and O–H groups in total. The maximum atomic E-state index is 11.6. The van der Waals surface area contributed by atoms with Gasteiger partial charge in [0.2, 0.25) is 5.91 Å². The standard InChI is InChI=1S/C14H18N2O3/c17-13(10-16-8-12(9-16)14(18)19)15-7-6-11-4-2-1-3-5-11/h1-5,12H,6-10H2,(H,15,17)(H,18,19). The van der Waals surface area contributed by atoms with Gasteiger partial charge in [-0.15, -0.1) is 0 Å². The summed E-state index contributed by atoms with van der Waals surface area (Å²) in [7, 11) is 0. The van der Waals surface area contributed by atoms with E-state index in [0.29, 0.717) is 26.2 Å². The van der Waals surface area contributed by atoms with Crippen LogP contribution in [0, 0.1) is 5.92 Å². The van der Waals surface area contributed by atoms with Crippen LogP contribution in [0.15, 0.2) is 30.3 Å². The predicted octanol–water partition coefficient (Wildman–Crippen LogP) is 0.362. The topological polar surface area (TPSA) is 69.6 Å². The van der Waals surface area contributed by atoms with Crippen LogP contribution in [0.3, 0.4) is 0 Å². The van der Waals surface area contributed by atoms with E-state index >= 15 is 0 Å². The summed E-state index contributed by atoms with van der Waals surface area (Å²) in [6.45, 7) is 1.85. The van der Waals surface area contributed by atoms with Gasteiger partial charge >= 0.3 is 5.97 Å². The third-order valence-electron chi connectivity index (χ3n) is 3.25. The number of likely N-dealkylation sites (tertiary alicyclic amines) is 1. The molecule has 0 unspecified atom stereocenters. The molecule has 0 spiro atoms. The molecule has 1 saturated heterocycles. The third kappa shape index (κ3) is 4.06. The van der Waals surface area contributed by atoms with Gasteiger partial charge in [-0.1, -0.05) is 30.3 Å². The van der Waals surface area contributed by atoms with Crippen LogP contribution in [0.5, 0.6) is 0 Å². The molecule has 102 valence electrons. The maximum absolute atomic E-state index is 11.6. The summed E-state index contributed by atoms with van der Waals surface area (Å²) in [6.07, 6.45) is 0.810. The van der Waals surface area contributed by atoms with Crippen LogP contribution >= 0.6 is 0 Å². The van der Waals surface area contributed by atoms with Gasteiger partial charge in [0.1, 0.15) is 0 Å². The molecule has 1 aromatic rings. The zero-order valence-corrected chi connectivity index (χ0v) is 10.7. The number of carbonyl (C=O) groups is 2. The van der Waals surface area contributed by atoms with Gasteiger partial charge in [0.05, 0.1) is 12.5 Å². The smallest absolute Gasteiger partial charge is 0.309 e. The van der Waals surface area contributed by atoms with Crippen LogP contribution in [0.1, 0.15) is 5.56 Å². The molecule has 1 aliphatic rings. The van der Waals surface area contributed by atoms with Gasteiger partial charge in [0.25, 0.3) is 0 Å². The highest BCUT2D eigenvalue weighted by atomic mass is 16.4. The van der Waals surface area contributed by atoms with Gasteiger partial charge in [-0.3, -0.25) is 14.5 Å². The minimum Gasteiger partial charge on any atom is -0.481 e. The minimum atomic E-state index is -0.777. The van der Waals surface area contributed by atoms with E-state index in [-0.39, 0.29) is 11.8 Å². The molecule has 19 heavy (non-hydrogen) atoms. The Morgan fingerprint density at radius 3 is 2.58 bits per heavy atom. The summed E-state index contributed by atoms with van der Waals surface area (Å²) in [5, 5.41) is 11.6. The maximum Gasteiger partial charge on any atom is 0.309 e. The summed E-state index contributed by atoms with van der Waals surface area (Å²) in [5.41, 5.74) is 1.19. The summed E-state index contributed by atoms with van der Waals surface area (Å²) >= 11 is 0. The molecular formula is C14H18N2O3. The molecule has 0 radical (unpaired) electrons. The van der Waals surface area contributed by atoms with Crippen molar-refractivity contribution in [2.45, 2.75) is 6.42 Å². The van der Waals surface area contributed by atoms with E-state index in [9.17, 15) is 9.59 Å². The number of nitrogens with one attached hydrogen (secondary N) is 1. The largest absolute Gasteiger partial charge is 0.481 e. The lowest BCUT2D eigenvalue weighted by Crippen LogP contribution is -2.53. The quantitative estimate of drug-likeness (QED) is 0.776. The Hall–Kier alpha value is -1.88. The van der Waals surface area contributed by atoms with Gasteiger partial charge in [-0.25, -0.2) is 0 Å². The Kier molecular flexibility index (Phi) is 4.52. The van der Waals surface area contributed by atoms with E-state index in [1.165, 1.54) is 5.56 Å². The Balaban J connectivity index is 1.60. The van der Waals surface area contributed by atoms with Crippen molar-refractivity contribution < 1.29 is 14.7 Å². The van der Waals surface area contributed by atoms with Crippen LogP contribution in [0.4, 0.5) is 0 Å². The van der Waals surface area contributed by atoms with Crippen molar-refractivity contribution in [3.63, 3.8) is 0 Å². The van der Waals surface area contributed by atoms with Crippen molar-refractivity contribution in [1.82, 2.24) is 10.2 Å². The molecule has 2 rings (SSSR count). The van der Waals surface area contributed by atoms with Crippen LogP contribution in [-0.4, -0.2) is 48.1 Å². The van der Waals surface area contributed by atoms with Gasteiger partial charge in [-0.05, 0) is 12.0 Å². The Morgan fingerprint density at radius 2 is 1.95 bits per heavy atom. The zero-order valence-electron chi connectivity index (χ0n) is 10.7. The molecule has 5 heteroatoms. The number of nitrogens with zero attached hydrogens (tertiary/aromatic N) is 1. The van der Waals surface area contributed by atoms with E-state index in [0.717, 1.165) is 6.42 Å². The third-order valence-corrected chi connectivity index (χ3v) is 3.25. The summed E-state index contributed by atoms with van der Waals surface area (Å²) < 4.78 is 0. The highest BCUT2D eigenvalue weighted by Crippen LogP contribution is 2.14. The van der Waals surface area contributed by atoms with E-state index in [2.05, 4.69) is 5.32 Å². The molecule has 1 heterocycles. The molecule has 0 aliphatic carbocycles. The van der Waals surface area contributed by atoms with Crippen molar-refractivity contribution >= 4 is 11.9 Å². The first-order valence-corrected chi connectivity index (χ1v) is 6.41. The Morgan fingerprint density at radius 1 is 1.26 bits per heavy atom. The second-order valence-electron chi connectivity index (χ2n) is 4.81. The number of rotatable bonds is 6. The molecule has 0 saturated carbocycles. The number of hydrogen-bond acceptors (Lipinski definition) is 3. The monoisotopic (exact) mass is 262 g/mol. The number of aliphatic carboxylic acids is 1. The average molecular weight is 262 g/mol. The fourth-order valence-electron chi connectivity index (χ4n) is 2.11. The molecule has 1 aliphatic heterocycles. The number of benzene rings is 1. The minimum absolute atomic E-state index is 0.0419. The lowest BCUT2D eigenvalue weighted by Gasteiger charge is -2.35.